The Hall–Kier alpha value is -1.29. The van der Waals surface area contributed by atoms with Gasteiger partial charge in [0.05, 0.1) is 18.2 Å². The van der Waals surface area contributed by atoms with E-state index in [1.54, 1.807) is 6.07 Å². The van der Waals surface area contributed by atoms with Crippen LogP contribution in [0.1, 0.15) is 30.9 Å². The number of benzene rings is 1. The summed E-state index contributed by atoms with van der Waals surface area (Å²) in [6.07, 6.45) is 2.36. The summed E-state index contributed by atoms with van der Waals surface area (Å²) in [4.78, 5) is 6.58. The smallest absolute Gasteiger partial charge is 0.191 e. The Kier molecular flexibility index (Phi) is 6.79. The Balaban J connectivity index is 0.00000200. The van der Waals surface area contributed by atoms with Gasteiger partial charge >= 0.3 is 0 Å². The van der Waals surface area contributed by atoms with Crippen LogP contribution in [0.5, 0.6) is 0 Å². The molecule has 2 rings (SSSR count). The van der Waals surface area contributed by atoms with Crippen LogP contribution in [-0.2, 0) is 6.54 Å². The minimum absolute atomic E-state index is 0. The topological polar surface area (TPSA) is 65.4 Å². The third-order valence-electron chi connectivity index (χ3n) is 3.59. The fraction of sp³-hybridized carbons (Fsp3) is 0.467. The average Bonchev–Trinajstić information content (AvgIpc) is 2.46. The van der Waals surface area contributed by atoms with E-state index in [1.807, 2.05) is 18.2 Å². The molecule has 1 fully saturated rings. The molecule has 1 saturated heterocycles. The molecule has 0 amide bonds. The Morgan fingerprint density at radius 1 is 1.45 bits per heavy atom. The van der Waals surface area contributed by atoms with Gasteiger partial charge in [-0.15, -0.1) is 24.0 Å². The van der Waals surface area contributed by atoms with E-state index < -0.39 is 0 Å². The first-order valence-corrected chi connectivity index (χ1v) is 6.73. The van der Waals surface area contributed by atoms with Crippen LogP contribution in [0.25, 0.3) is 0 Å². The predicted octanol–water partition coefficient (Wildman–Crippen LogP) is 2.72. The standard InChI is InChI=1S/C15H20N4.HI/c1-12-5-7-19(8-6-12)15(17)18-11-14-4-2-3-13(9-14)10-16;/h2-4,9,12H,5-8,11H2,1H3,(H2,17,18);1H. The van der Waals surface area contributed by atoms with Crippen molar-refractivity contribution in [3.05, 3.63) is 35.4 Å². The fourth-order valence-corrected chi connectivity index (χ4v) is 2.25. The maximum Gasteiger partial charge on any atom is 0.191 e. The second-order valence-electron chi connectivity index (χ2n) is 5.16. The highest BCUT2D eigenvalue weighted by Crippen LogP contribution is 2.15. The van der Waals surface area contributed by atoms with Gasteiger partial charge in [0.2, 0.25) is 0 Å². The molecule has 0 aliphatic carbocycles. The number of aliphatic imine (C=N–C) groups is 1. The van der Waals surface area contributed by atoms with E-state index in [9.17, 15) is 0 Å². The van der Waals surface area contributed by atoms with Crippen molar-refractivity contribution in [1.29, 1.82) is 5.26 Å². The van der Waals surface area contributed by atoms with Gasteiger partial charge in [-0.05, 0) is 36.5 Å². The van der Waals surface area contributed by atoms with Gasteiger partial charge in [0.1, 0.15) is 0 Å². The number of rotatable bonds is 2. The number of hydrogen-bond acceptors (Lipinski definition) is 2. The summed E-state index contributed by atoms with van der Waals surface area (Å²) in [5.41, 5.74) is 7.71. The monoisotopic (exact) mass is 384 g/mol. The third kappa shape index (κ3) is 4.67. The highest BCUT2D eigenvalue weighted by molar-refractivity contribution is 14.0. The minimum Gasteiger partial charge on any atom is -0.370 e. The van der Waals surface area contributed by atoms with Gasteiger partial charge in [0.25, 0.3) is 0 Å². The molecule has 1 aliphatic rings. The van der Waals surface area contributed by atoms with E-state index in [1.165, 1.54) is 12.8 Å². The highest BCUT2D eigenvalue weighted by atomic mass is 127. The summed E-state index contributed by atoms with van der Waals surface area (Å²) < 4.78 is 0. The first-order valence-electron chi connectivity index (χ1n) is 6.73. The molecule has 20 heavy (non-hydrogen) atoms. The molecule has 0 bridgehead atoms. The summed E-state index contributed by atoms with van der Waals surface area (Å²) in [5, 5.41) is 8.85. The van der Waals surface area contributed by atoms with Crippen molar-refractivity contribution in [2.45, 2.75) is 26.3 Å². The molecule has 2 N–H and O–H groups in total. The van der Waals surface area contributed by atoms with Crippen molar-refractivity contribution in [3.63, 3.8) is 0 Å². The average molecular weight is 384 g/mol. The molecule has 0 atom stereocenters. The van der Waals surface area contributed by atoms with Crippen molar-refractivity contribution in [1.82, 2.24) is 4.90 Å². The second-order valence-corrected chi connectivity index (χ2v) is 5.16. The zero-order valence-corrected chi connectivity index (χ0v) is 14.1. The number of nitrogens with two attached hydrogens (primary N) is 1. The van der Waals surface area contributed by atoms with E-state index >= 15 is 0 Å². The van der Waals surface area contributed by atoms with Gasteiger partial charge in [0.15, 0.2) is 5.96 Å². The number of hydrogen-bond donors (Lipinski definition) is 1. The summed E-state index contributed by atoms with van der Waals surface area (Å²) in [6, 6.07) is 9.63. The summed E-state index contributed by atoms with van der Waals surface area (Å²) in [7, 11) is 0. The van der Waals surface area contributed by atoms with Crippen molar-refractivity contribution in [2.75, 3.05) is 13.1 Å². The van der Waals surface area contributed by atoms with Crippen LogP contribution in [0.3, 0.4) is 0 Å². The molecule has 5 heteroatoms. The summed E-state index contributed by atoms with van der Waals surface area (Å²) in [5.74, 6) is 1.41. The minimum atomic E-state index is 0. The molecule has 1 aromatic carbocycles. The van der Waals surface area contributed by atoms with Crippen LogP contribution in [0, 0.1) is 17.2 Å². The maximum absolute atomic E-state index is 8.85. The van der Waals surface area contributed by atoms with E-state index in [4.69, 9.17) is 11.0 Å². The molecule has 0 unspecified atom stereocenters. The molecule has 0 aromatic heterocycles. The zero-order chi connectivity index (χ0) is 13.7. The third-order valence-corrected chi connectivity index (χ3v) is 3.59. The van der Waals surface area contributed by atoms with Crippen LogP contribution in [0.4, 0.5) is 0 Å². The molecule has 4 nitrogen and oxygen atoms in total. The van der Waals surface area contributed by atoms with E-state index in [0.29, 0.717) is 18.1 Å². The maximum atomic E-state index is 8.85. The van der Waals surface area contributed by atoms with Crippen LogP contribution < -0.4 is 5.73 Å². The van der Waals surface area contributed by atoms with Gasteiger partial charge in [-0.2, -0.15) is 5.26 Å². The quantitative estimate of drug-likeness (QED) is 0.485. The molecule has 108 valence electrons. The van der Waals surface area contributed by atoms with E-state index in [2.05, 4.69) is 22.9 Å². The summed E-state index contributed by atoms with van der Waals surface area (Å²) in [6.45, 7) is 4.80. The second kappa shape index (κ2) is 8.10. The molecular formula is C15H21IN4. The first kappa shape index (κ1) is 16.8. The van der Waals surface area contributed by atoms with Crippen LogP contribution in [-0.4, -0.2) is 23.9 Å². The normalized spacial score (nSPS) is 16.4. The number of piperidine rings is 1. The van der Waals surface area contributed by atoms with E-state index in [-0.39, 0.29) is 24.0 Å². The molecule has 1 aromatic rings. The molecule has 1 heterocycles. The van der Waals surface area contributed by atoms with Crippen LogP contribution in [0.2, 0.25) is 0 Å². The van der Waals surface area contributed by atoms with Crippen molar-refractivity contribution < 1.29 is 0 Å². The van der Waals surface area contributed by atoms with Crippen molar-refractivity contribution in [2.24, 2.45) is 16.6 Å². The van der Waals surface area contributed by atoms with Crippen molar-refractivity contribution >= 4 is 29.9 Å². The number of nitriles is 1. The van der Waals surface area contributed by atoms with Gasteiger partial charge in [-0.25, -0.2) is 4.99 Å². The lowest BCUT2D eigenvalue weighted by Crippen LogP contribution is -2.42. The van der Waals surface area contributed by atoms with Crippen LogP contribution in [0.15, 0.2) is 29.3 Å². The molecule has 0 radical (unpaired) electrons. The van der Waals surface area contributed by atoms with Crippen LogP contribution >= 0.6 is 24.0 Å². The summed E-state index contributed by atoms with van der Waals surface area (Å²) >= 11 is 0. The Morgan fingerprint density at radius 2 is 2.15 bits per heavy atom. The molecular weight excluding hydrogens is 363 g/mol. The molecule has 0 spiro atoms. The SMILES string of the molecule is CC1CCN(C(N)=NCc2cccc(C#N)c2)CC1.I. The Bertz CT molecular complexity index is 499. The number of nitrogens with zero attached hydrogens (tertiary/aromatic N) is 3. The zero-order valence-electron chi connectivity index (χ0n) is 11.7. The lowest BCUT2D eigenvalue weighted by atomic mass is 10.00. The Labute approximate surface area is 137 Å². The predicted molar refractivity (Wildman–Crippen MR) is 91.9 cm³/mol. The number of likely N-dealkylation sites (tertiary alicyclic amines) is 1. The van der Waals surface area contributed by atoms with Gasteiger partial charge in [-0.3, -0.25) is 0 Å². The highest BCUT2D eigenvalue weighted by Gasteiger charge is 2.16. The number of guanidine groups is 1. The lowest BCUT2D eigenvalue weighted by Gasteiger charge is -2.31. The Morgan fingerprint density at radius 3 is 2.80 bits per heavy atom. The lowest BCUT2D eigenvalue weighted by molar-refractivity contribution is 0.277. The largest absolute Gasteiger partial charge is 0.370 e. The van der Waals surface area contributed by atoms with Gasteiger partial charge < -0.3 is 10.6 Å². The van der Waals surface area contributed by atoms with Crippen molar-refractivity contribution in [3.8, 4) is 6.07 Å². The van der Waals surface area contributed by atoms with E-state index in [0.717, 1.165) is 24.6 Å². The molecule has 1 aliphatic heterocycles. The molecule has 0 saturated carbocycles. The number of halogens is 1. The van der Waals surface area contributed by atoms with Gasteiger partial charge in [-0.1, -0.05) is 19.1 Å². The van der Waals surface area contributed by atoms with Gasteiger partial charge in [0, 0.05) is 13.1 Å². The first-order chi connectivity index (χ1) is 9.19. The fourth-order valence-electron chi connectivity index (χ4n) is 2.25.